The molecule has 4 nitrogen and oxygen atoms in total. The van der Waals surface area contributed by atoms with Crippen molar-refractivity contribution in [2.45, 2.75) is 0 Å². The van der Waals surface area contributed by atoms with E-state index in [1.54, 1.807) is 7.11 Å². The molecule has 0 radical (unpaired) electrons. The van der Waals surface area contributed by atoms with Crippen molar-refractivity contribution in [1.82, 2.24) is 10.2 Å². The van der Waals surface area contributed by atoms with Gasteiger partial charge < -0.3 is 4.74 Å². The minimum absolute atomic E-state index is 0.262. The van der Waals surface area contributed by atoms with Gasteiger partial charge in [0.25, 0.3) is 5.56 Å². The van der Waals surface area contributed by atoms with E-state index in [1.807, 2.05) is 36.4 Å². The van der Waals surface area contributed by atoms with Crippen LogP contribution in [0.4, 0.5) is 0 Å². The van der Waals surface area contributed by atoms with E-state index < -0.39 is 0 Å². The molecule has 2 aromatic carbocycles. The van der Waals surface area contributed by atoms with Crippen molar-refractivity contribution in [1.29, 1.82) is 0 Å². The van der Waals surface area contributed by atoms with E-state index in [4.69, 9.17) is 4.74 Å². The standard InChI is InChI=1S/C15H10Br2N2O2/c1-21-14-10(16)7-9-11(12(14)17)15(20)19-18-13(9)8-5-3-2-4-6-8/h2-7H,1H3,(H,19,20). The van der Waals surface area contributed by atoms with Crippen LogP contribution in [-0.2, 0) is 0 Å². The fourth-order valence-electron chi connectivity index (χ4n) is 2.24. The Hall–Kier alpha value is -1.66. The predicted molar refractivity (Wildman–Crippen MR) is 89.8 cm³/mol. The van der Waals surface area contributed by atoms with Crippen molar-refractivity contribution in [3.05, 3.63) is 55.7 Å². The number of halogens is 2. The Morgan fingerprint density at radius 1 is 1.19 bits per heavy atom. The molecule has 0 aliphatic carbocycles. The Morgan fingerprint density at radius 3 is 2.57 bits per heavy atom. The maximum atomic E-state index is 12.1. The quantitative estimate of drug-likeness (QED) is 0.692. The van der Waals surface area contributed by atoms with E-state index in [0.29, 0.717) is 21.3 Å². The van der Waals surface area contributed by atoms with Gasteiger partial charge in [-0.2, -0.15) is 5.10 Å². The number of methoxy groups -OCH3 is 1. The third-order valence-electron chi connectivity index (χ3n) is 3.18. The van der Waals surface area contributed by atoms with Crippen LogP contribution < -0.4 is 10.3 Å². The number of nitrogens with one attached hydrogen (secondary N) is 1. The topological polar surface area (TPSA) is 55.0 Å². The Morgan fingerprint density at radius 2 is 1.90 bits per heavy atom. The minimum atomic E-state index is -0.262. The fourth-order valence-corrected chi connectivity index (χ4v) is 3.86. The van der Waals surface area contributed by atoms with Gasteiger partial charge >= 0.3 is 0 Å². The molecule has 0 aliphatic heterocycles. The summed E-state index contributed by atoms with van der Waals surface area (Å²) in [5.41, 5.74) is 1.39. The molecule has 1 heterocycles. The molecule has 0 saturated carbocycles. The van der Waals surface area contributed by atoms with Gasteiger partial charge in [0, 0.05) is 10.9 Å². The molecule has 3 rings (SSSR count). The first kappa shape index (κ1) is 14.3. The first-order valence-corrected chi connectivity index (χ1v) is 7.72. The van der Waals surface area contributed by atoms with Crippen LogP contribution in [0.15, 0.2) is 50.1 Å². The van der Waals surface area contributed by atoms with Crippen LogP contribution in [0.1, 0.15) is 0 Å². The molecular formula is C15H10Br2N2O2. The smallest absolute Gasteiger partial charge is 0.273 e. The molecule has 0 saturated heterocycles. The fraction of sp³-hybridized carbons (Fsp3) is 0.0667. The number of rotatable bonds is 2. The Balaban J connectivity index is 2.45. The first-order chi connectivity index (χ1) is 10.1. The second-order valence-corrected chi connectivity index (χ2v) is 6.04. The summed E-state index contributed by atoms with van der Waals surface area (Å²) in [6.07, 6.45) is 0. The van der Waals surface area contributed by atoms with Gasteiger partial charge in [0.2, 0.25) is 0 Å². The van der Waals surface area contributed by atoms with Crippen LogP contribution in [0.2, 0.25) is 0 Å². The van der Waals surface area contributed by atoms with E-state index in [2.05, 4.69) is 42.1 Å². The molecule has 1 N–H and O–H groups in total. The van der Waals surface area contributed by atoms with Crippen LogP contribution in [0.25, 0.3) is 22.0 Å². The van der Waals surface area contributed by atoms with Gasteiger partial charge in [0.1, 0.15) is 5.75 Å². The highest BCUT2D eigenvalue weighted by atomic mass is 79.9. The van der Waals surface area contributed by atoms with Crippen LogP contribution in [-0.4, -0.2) is 17.3 Å². The number of benzene rings is 2. The minimum Gasteiger partial charge on any atom is -0.494 e. The molecule has 0 amide bonds. The lowest BCUT2D eigenvalue weighted by Crippen LogP contribution is -2.10. The van der Waals surface area contributed by atoms with Crippen LogP contribution in [0.3, 0.4) is 0 Å². The number of H-pyrrole nitrogens is 1. The summed E-state index contributed by atoms with van der Waals surface area (Å²) in [6.45, 7) is 0. The van der Waals surface area contributed by atoms with E-state index in [9.17, 15) is 4.79 Å². The lowest BCUT2D eigenvalue weighted by Gasteiger charge is -2.11. The zero-order chi connectivity index (χ0) is 15.0. The summed E-state index contributed by atoms with van der Waals surface area (Å²) >= 11 is 6.91. The number of nitrogens with zero attached hydrogens (tertiary/aromatic N) is 1. The van der Waals surface area contributed by atoms with Crippen LogP contribution in [0, 0.1) is 0 Å². The molecule has 0 fully saturated rings. The second-order valence-electron chi connectivity index (χ2n) is 4.40. The highest BCUT2D eigenvalue weighted by Crippen LogP contribution is 2.40. The normalized spacial score (nSPS) is 10.8. The molecule has 0 aliphatic rings. The van der Waals surface area contributed by atoms with Gasteiger partial charge in [-0.3, -0.25) is 4.79 Å². The average Bonchev–Trinajstić information content (AvgIpc) is 2.48. The van der Waals surface area contributed by atoms with Gasteiger partial charge in [-0.1, -0.05) is 30.3 Å². The second kappa shape index (κ2) is 5.61. The van der Waals surface area contributed by atoms with E-state index in [-0.39, 0.29) is 5.56 Å². The van der Waals surface area contributed by atoms with Gasteiger partial charge in [-0.15, -0.1) is 0 Å². The lowest BCUT2D eigenvalue weighted by atomic mass is 10.0. The molecule has 21 heavy (non-hydrogen) atoms. The van der Waals surface area contributed by atoms with E-state index in [0.717, 1.165) is 15.4 Å². The number of hydrogen-bond donors (Lipinski definition) is 1. The van der Waals surface area contributed by atoms with Crippen molar-refractivity contribution in [3.8, 4) is 17.0 Å². The third kappa shape index (κ3) is 2.38. The maximum Gasteiger partial charge on any atom is 0.273 e. The number of ether oxygens (including phenoxy) is 1. The molecule has 0 spiro atoms. The predicted octanol–water partition coefficient (Wildman–Crippen LogP) is 4.12. The van der Waals surface area contributed by atoms with Crippen molar-refractivity contribution < 1.29 is 4.74 Å². The zero-order valence-electron chi connectivity index (χ0n) is 11.0. The lowest BCUT2D eigenvalue weighted by molar-refractivity contribution is 0.410. The maximum absolute atomic E-state index is 12.1. The van der Waals surface area contributed by atoms with Crippen molar-refractivity contribution >= 4 is 42.6 Å². The number of aromatic nitrogens is 2. The molecule has 0 bridgehead atoms. The Labute approximate surface area is 137 Å². The monoisotopic (exact) mass is 408 g/mol. The molecule has 106 valence electrons. The highest BCUT2D eigenvalue weighted by Gasteiger charge is 2.17. The summed E-state index contributed by atoms with van der Waals surface area (Å²) in [4.78, 5) is 12.1. The highest BCUT2D eigenvalue weighted by molar-refractivity contribution is 9.11. The molecular weight excluding hydrogens is 400 g/mol. The van der Waals surface area contributed by atoms with E-state index >= 15 is 0 Å². The van der Waals surface area contributed by atoms with Crippen LogP contribution >= 0.6 is 31.9 Å². The molecule has 0 unspecified atom stereocenters. The Kier molecular flexibility index (Phi) is 3.82. The van der Waals surface area contributed by atoms with Crippen molar-refractivity contribution in [3.63, 3.8) is 0 Å². The van der Waals surface area contributed by atoms with Gasteiger partial charge in [-0.25, -0.2) is 5.10 Å². The van der Waals surface area contributed by atoms with Crippen molar-refractivity contribution in [2.75, 3.05) is 7.11 Å². The van der Waals surface area contributed by atoms with Crippen LogP contribution in [0.5, 0.6) is 5.75 Å². The molecule has 0 atom stereocenters. The molecule has 6 heteroatoms. The van der Waals surface area contributed by atoms with Gasteiger partial charge in [-0.05, 0) is 37.9 Å². The summed E-state index contributed by atoms with van der Waals surface area (Å²) in [7, 11) is 1.56. The van der Waals surface area contributed by atoms with Crippen molar-refractivity contribution in [2.24, 2.45) is 0 Å². The number of fused-ring (bicyclic) bond motifs is 1. The van der Waals surface area contributed by atoms with E-state index in [1.165, 1.54) is 0 Å². The van der Waals surface area contributed by atoms with Gasteiger partial charge in [0.15, 0.2) is 0 Å². The molecule has 1 aromatic heterocycles. The van der Waals surface area contributed by atoms with Gasteiger partial charge in [0.05, 0.1) is 27.1 Å². The summed E-state index contributed by atoms with van der Waals surface area (Å²) in [6, 6.07) is 11.6. The number of hydrogen-bond acceptors (Lipinski definition) is 3. The summed E-state index contributed by atoms with van der Waals surface area (Å²) in [5, 5.41) is 8.01. The zero-order valence-corrected chi connectivity index (χ0v) is 14.2. The molecule has 3 aromatic rings. The first-order valence-electron chi connectivity index (χ1n) is 6.13. The largest absolute Gasteiger partial charge is 0.494 e. The SMILES string of the molecule is COc1c(Br)cc2c(-c3ccccc3)n[nH]c(=O)c2c1Br. The summed E-state index contributed by atoms with van der Waals surface area (Å²) in [5.74, 6) is 0.582. The Bertz CT molecular complexity index is 876. The number of aromatic amines is 1. The third-order valence-corrected chi connectivity index (χ3v) is 4.52. The summed E-state index contributed by atoms with van der Waals surface area (Å²) < 4.78 is 6.68. The average molecular weight is 410 g/mol.